The van der Waals surface area contributed by atoms with Gasteiger partial charge in [-0.3, -0.25) is 0 Å². The number of rotatable bonds is 2. The Morgan fingerprint density at radius 3 is 2.47 bits per heavy atom. The number of aromatic nitrogens is 2. The molecule has 78 valence electrons. The molecule has 0 saturated heterocycles. The van der Waals surface area contributed by atoms with Crippen molar-refractivity contribution in [2.45, 2.75) is 9.24 Å². The van der Waals surface area contributed by atoms with Gasteiger partial charge in [0, 0.05) is 5.69 Å². The van der Waals surface area contributed by atoms with Gasteiger partial charge in [-0.15, -0.1) is 0 Å². The van der Waals surface area contributed by atoms with Crippen molar-refractivity contribution in [2.24, 2.45) is 0 Å². The molecule has 0 amide bonds. The molecule has 0 aliphatic rings. The van der Waals surface area contributed by atoms with E-state index in [0.717, 1.165) is 9.24 Å². The maximum atomic E-state index is 6.02. The second-order valence-corrected chi connectivity index (χ2v) is 5.47. The Kier molecular flexibility index (Phi) is 3.35. The summed E-state index contributed by atoms with van der Waals surface area (Å²) in [6.45, 7) is 0. The van der Waals surface area contributed by atoms with Crippen LogP contribution in [-0.2, 0) is 0 Å². The van der Waals surface area contributed by atoms with Crippen LogP contribution in [0.25, 0.3) is 0 Å². The summed E-state index contributed by atoms with van der Waals surface area (Å²) in [7, 11) is 0. The molecule has 1 aromatic heterocycles. The highest BCUT2D eigenvalue weighted by Crippen LogP contribution is 2.40. The van der Waals surface area contributed by atoms with Crippen molar-refractivity contribution in [1.29, 1.82) is 0 Å². The highest BCUT2D eigenvalue weighted by atomic mass is 35.5. The highest BCUT2D eigenvalue weighted by molar-refractivity contribution is 8.01. The lowest BCUT2D eigenvalue weighted by atomic mass is 10.3. The number of nitrogens with two attached hydrogens (primary N) is 1. The molecule has 0 saturated carbocycles. The second kappa shape index (κ2) is 4.57. The maximum absolute atomic E-state index is 6.02. The zero-order valence-corrected chi connectivity index (χ0v) is 10.4. The molecule has 3 nitrogen and oxygen atoms in total. The van der Waals surface area contributed by atoms with Crippen molar-refractivity contribution in [1.82, 2.24) is 9.36 Å². The molecule has 1 heterocycles. The fraction of sp³-hybridized carbons (Fsp3) is 0. The molecule has 0 bridgehead atoms. The van der Waals surface area contributed by atoms with Crippen molar-refractivity contribution in [3.05, 3.63) is 28.5 Å². The van der Waals surface area contributed by atoms with Crippen LogP contribution in [0, 0.1) is 0 Å². The third-order valence-electron chi connectivity index (χ3n) is 1.55. The average molecular weight is 278 g/mol. The molecule has 0 aliphatic heterocycles. The van der Waals surface area contributed by atoms with Crippen molar-refractivity contribution in [3.8, 4) is 0 Å². The summed E-state index contributed by atoms with van der Waals surface area (Å²) < 4.78 is 4.69. The minimum Gasteiger partial charge on any atom is -0.399 e. The van der Waals surface area contributed by atoms with Crippen molar-refractivity contribution in [2.75, 3.05) is 5.73 Å². The molecule has 1 aromatic carbocycles. The Labute approximate surface area is 105 Å². The Morgan fingerprint density at radius 2 is 1.93 bits per heavy atom. The molecule has 2 aromatic rings. The van der Waals surface area contributed by atoms with Crippen LogP contribution in [0.2, 0.25) is 10.0 Å². The van der Waals surface area contributed by atoms with Crippen molar-refractivity contribution < 1.29 is 0 Å². The molecule has 15 heavy (non-hydrogen) atoms. The summed E-state index contributed by atoms with van der Waals surface area (Å²) in [6.07, 6.45) is 1.49. The molecule has 0 aliphatic carbocycles. The van der Waals surface area contributed by atoms with Crippen LogP contribution in [0.3, 0.4) is 0 Å². The molecule has 0 radical (unpaired) electrons. The van der Waals surface area contributed by atoms with E-state index in [-0.39, 0.29) is 0 Å². The Balaban J connectivity index is 2.36. The lowest BCUT2D eigenvalue weighted by molar-refractivity contribution is 1.21. The molecule has 0 spiro atoms. The number of hydrogen-bond donors (Lipinski definition) is 1. The first-order valence-electron chi connectivity index (χ1n) is 3.86. The van der Waals surface area contributed by atoms with E-state index in [1.54, 1.807) is 12.1 Å². The largest absolute Gasteiger partial charge is 0.399 e. The minimum atomic E-state index is 0.528. The minimum absolute atomic E-state index is 0.528. The zero-order chi connectivity index (χ0) is 10.8. The molecular formula is C8H5Cl2N3S2. The zero-order valence-electron chi connectivity index (χ0n) is 7.28. The number of benzene rings is 1. The number of anilines is 1. The second-order valence-electron chi connectivity index (χ2n) is 2.62. The normalized spacial score (nSPS) is 10.5. The van der Waals surface area contributed by atoms with Crippen LogP contribution < -0.4 is 5.73 Å². The monoisotopic (exact) mass is 277 g/mol. The van der Waals surface area contributed by atoms with Crippen LogP contribution in [0.15, 0.2) is 27.7 Å². The van der Waals surface area contributed by atoms with Crippen LogP contribution in [0.1, 0.15) is 0 Å². The van der Waals surface area contributed by atoms with Gasteiger partial charge in [0.25, 0.3) is 0 Å². The Bertz CT molecular complexity index is 450. The smallest absolute Gasteiger partial charge is 0.174 e. The number of hydrogen-bond acceptors (Lipinski definition) is 5. The Hall–Kier alpha value is -0.490. The first-order chi connectivity index (χ1) is 7.16. The van der Waals surface area contributed by atoms with Gasteiger partial charge in [0.2, 0.25) is 0 Å². The van der Waals surface area contributed by atoms with Gasteiger partial charge in [-0.25, -0.2) is 4.98 Å². The average Bonchev–Trinajstić information content (AvgIpc) is 2.63. The topological polar surface area (TPSA) is 51.8 Å². The molecule has 0 atom stereocenters. The first-order valence-corrected chi connectivity index (χ1v) is 6.20. The summed E-state index contributed by atoms with van der Waals surface area (Å²) in [4.78, 5) is 4.79. The van der Waals surface area contributed by atoms with Crippen LogP contribution in [0.5, 0.6) is 0 Å². The summed E-state index contributed by atoms with van der Waals surface area (Å²) in [6, 6.07) is 3.33. The SMILES string of the molecule is Nc1cc(Cl)c(Sc2ncns2)c(Cl)c1. The molecular weight excluding hydrogens is 273 g/mol. The maximum Gasteiger partial charge on any atom is 0.174 e. The van der Waals surface area contributed by atoms with Crippen LogP contribution in [0.4, 0.5) is 5.69 Å². The van der Waals surface area contributed by atoms with Gasteiger partial charge in [-0.05, 0) is 23.7 Å². The summed E-state index contributed by atoms with van der Waals surface area (Å²) >= 11 is 14.7. The van der Waals surface area contributed by atoms with Crippen LogP contribution in [-0.4, -0.2) is 9.36 Å². The predicted molar refractivity (Wildman–Crippen MR) is 64.9 cm³/mol. The summed E-state index contributed by atoms with van der Waals surface area (Å²) in [5.74, 6) is 0. The molecule has 0 unspecified atom stereocenters. The predicted octanol–water partition coefficient (Wildman–Crippen LogP) is 3.58. The summed E-state index contributed by atoms with van der Waals surface area (Å²) in [5, 5.41) is 1.06. The standard InChI is InChI=1S/C8H5Cl2N3S2/c9-5-1-4(11)2-6(10)7(5)14-8-12-3-13-15-8/h1-3H,11H2. The molecule has 0 fully saturated rings. The van der Waals surface area contributed by atoms with E-state index in [1.807, 2.05) is 0 Å². The van der Waals surface area contributed by atoms with Crippen molar-refractivity contribution >= 4 is 52.2 Å². The Morgan fingerprint density at radius 1 is 1.27 bits per heavy atom. The van der Waals surface area contributed by atoms with E-state index >= 15 is 0 Å². The van der Waals surface area contributed by atoms with Crippen LogP contribution >= 0.6 is 46.5 Å². The quantitative estimate of drug-likeness (QED) is 0.853. The van der Waals surface area contributed by atoms with E-state index in [9.17, 15) is 0 Å². The van der Waals surface area contributed by atoms with Gasteiger partial charge < -0.3 is 5.73 Å². The fourth-order valence-electron chi connectivity index (χ4n) is 0.972. The number of halogens is 2. The molecule has 2 N–H and O–H groups in total. The van der Waals surface area contributed by atoms with E-state index in [4.69, 9.17) is 28.9 Å². The lowest BCUT2D eigenvalue weighted by Crippen LogP contribution is -1.86. The first kappa shape index (κ1) is 11.0. The van der Waals surface area contributed by atoms with E-state index < -0.39 is 0 Å². The number of nitrogen functional groups attached to an aromatic ring is 1. The van der Waals surface area contributed by atoms with Gasteiger partial charge in [0.15, 0.2) is 4.34 Å². The number of nitrogens with zero attached hydrogens (tertiary/aromatic N) is 2. The third-order valence-corrected chi connectivity index (χ3v) is 4.23. The fourth-order valence-corrected chi connectivity index (χ4v) is 3.10. The summed E-state index contributed by atoms with van der Waals surface area (Å²) in [5.41, 5.74) is 6.15. The van der Waals surface area contributed by atoms with Gasteiger partial charge in [-0.1, -0.05) is 35.0 Å². The van der Waals surface area contributed by atoms with Gasteiger partial charge >= 0.3 is 0 Å². The molecule has 7 heteroatoms. The van der Waals surface area contributed by atoms with Crippen molar-refractivity contribution in [3.63, 3.8) is 0 Å². The van der Waals surface area contributed by atoms with Gasteiger partial charge in [-0.2, -0.15) is 4.37 Å². The van der Waals surface area contributed by atoms with E-state index in [1.165, 1.54) is 29.6 Å². The third kappa shape index (κ3) is 2.55. The highest BCUT2D eigenvalue weighted by Gasteiger charge is 2.10. The molecule has 2 rings (SSSR count). The van der Waals surface area contributed by atoms with E-state index in [2.05, 4.69) is 9.36 Å². The van der Waals surface area contributed by atoms with E-state index in [0.29, 0.717) is 15.7 Å². The van der Waals surface area contributed by atoms with Gasteiger partial charge in [0.1, 0.15) is 6.33 Å². The lowest BCUT2D eigenvalue weighted by Gasteiger charge is -2.05. The van der Waals surface area contributed by atoms with Gasteiger partial charge in [0.05, 0.1) is 14.9 Å².